The van der Waals surface area contributed by atoms with Crippen LogP contribution < -0.4 is 24.3 Å². The lowest BCUT2D eigenvalue weighted by Gasteiger charge is -2.25. The first-order chi connectivity index (χ1) is 25.5. The van der Waals surface area contributed by atoms with Crippen LogP contribution in [0.5, 0.6) is 23.0 Å². The van der Waals surface area contributed by atoms with Crippen LogP contribution in [-0.2, 0) is 24.6 Å². The Morgan fingerprint density at radius 2 is 1.83 bits per heavy atom. The van der Waals surface area contributed by atoms with Gasteiger partial charge in [-0.05, 0) is 56.0 Å². The van der Waals surface area contributed by atoms with Gasteiger partial charge in [0.15, 0.2) is 0 Å². The second-order valence-corrected chi connectivity index (χ2v) is 13.6. The van der Waals surface area contributed by atoms with E-state index in [-0.39, 0.29) is 30.9 Å². The third-order valence-corrected chi connectivity index (χ3v) is 9.57. The second-order valence-electron chi connectivity index (χ2n) is 13.2. The van der Waals surface area contributed by atoms with Gasteiger partial charge in [-0.3, -0.25) is 15.1 Å². The average Bonchev–Trinajstić information content (AvgIpc) is 3.59. The van der Waals surface area contributed by atoms with Crippen LogP contribution in [0.3, 0.4) is 0 Å². The van der Waals surface area contributed by atoms with E-state index >= 15 is 0 Å². The minimum atomic E-state index is -1.60. The van der Waals surface area contributed by atoms with Gasteiger partial charge >= 0.3 is 5.97 Å². The molecule has 12 nitrogen and oxygen atoms in total. The van der Waals surface area contributed by atoms with E-state index in [4.69, 9.17) is 30.5 Å². The maximum absolute atomic E-state index is 11.8. The van der Waals surface area contributed by atoms with Gasteiger partial charge in [0.2, 0.25) is 0 Å². The number of ether oxygens (including phenoxy) is 4. The lowest BCUT2D eigenvalue weighted by molar-refractivity contribution is -0.145. The number of para-hydroxylation sites is 1. The molecular formula is C40H45ClN4O8. The van der Waals surface area contributed by atoms with Crippen LogP contribution >= 0.6 is 11.6 Å². The van der Waals surface area contributed by atoms with E-state index in [0.29, 0.717) is 40.5 Å². The van der Waals surface area contributed by atoms with Gasteiger partial charge in [-0.15, -0.1) is 0 Å². The van der Waals surface area contributed by atoms with Crippen LogP contribution in [0, 0.1) is 18.3 Å². The lowest BCUT2D eigenvalue weighted by Crippen LogP contribution is -2.52. The molecule has 4 aromatic rings. The predicted octanol–water partition coefficient (Wildman–Crippen LogP) is 5.51. The molecule has 2 atom stereocenters. The zero-order valence-electron chi connectivity index (χ0n) is 30.1. The first-order valence-electron chi connectivity index (χ1n) is 17.4. The Labute approximate surface area is 314 Å². The fourth-order valence-corrected chi connectivity index (χ4v) is 6.33. The summed E-state index contributed by atoms with van der Waals surface area (Å²) in [4.78, 5) is 18.2. The quantitative estimate of drug-likeness (QED) is 0.0946. The number of aliphatic carboxylic acids is 1. The number of hydrogen-bond donors (Lipinski definition) is 4. The fraction of sp³-hybridized carbons (Fsp3) is 0.375. The number of pyridine rings is 1. The molecule has 13 heteroatoms. The number of aromatic nitrogens is 1. The Hall–Kier alpha value is -4.90. The van der Waals surface area contributed by atoms with E-state index in [0.717, 1.165) is 60.5 Å². The maximum Gasteiger partial charge on any atom is 0.326 e. The number of nitriles is 1. The van der Waals surface area contributed by atoms with Gasteiger partial charge in [-0.25, -0.2) is 0 Å². The topological polar surface area (TPSA) is 167 Å². The fourth-order valence-electron chi connectivity index (χ4n) is 6.09. The number of nitrogens with one attached hydrogen (secondary N) is 1. The minimum Gasteiger partial charge on any atom is -0.496 e. The van der Waals surface area contributed by atoms with E-state index in [1.54, 1.807) is 31.5 Å². The van der Waals surface area contributed by atoms with Gasteiger partial charge in [0, 0.05) is 66.9 Å². The lowest BCUT2D eigenvalue weighted by atomic mass is 9.97. The molecule has 1 aliphatic rings. The molecule has 2 heterocycles. The van der Waals surface area contributed by atoms with E-state index in [1.807, 2.05) is 43.3 Å². The number of carbonyl (C=O) groups is 1. The molecule has 0 saturated carbocycles. The zero-order valence-corrected chi connectivity index (χ0v) is 30.9. The summed E-state index contributed by atoms with van der Waals surface area (Å²) in [5.41, 5.74) is 3.54. The molecule has 0 spiro atoms. The monoisotopic (exact) mass is 744 g/mol. The van der Waals surface area contributed by atoms with Crippen LogP contribution in [-0.4, -0.2) is 82.8 Å². The summed E-state index contributed by atoms with van der Waals surface area (Å²) >= 11 is 6.73. The normalized spacial score (nSPS) is 15.4. The molecule has 1 fully saturated rings. The van der Waals surface area contributed by atoms with Crippen LogP contribution in [0.2, 0.25) is 5.02 Å². The Morgan fingerprint density at radius 3 is 2.55 bits per heavy atom. The Kier molecular flexibility index (Phi) is 13.5. The van der Waals surface area contributed by atoms with Gasteiger partial charge in [0.1, 0.15) is 47.8 Å². The minimum absolute atomic E-state index is 0.00968. The molecule has 53 heavy (non-hydrogen) atoms. The number of hydrogen-bond acceptors (Lipinski definition) is 11. The molecule has 1 saturated heterocycles. The molecule has 1 aromatic heterocycles. The summed E-state index contributed by atoms with van der Waals surface area (Å²) in [6, 6.07) is 18.8. The number of β-amino-alcohol motifs (C(OH)–C–C–N with tert-alkyl or cyclic N) is 1. The number of methoxy groups -OCH3 is 1. The van der Waals surface area contributed by atoms with Crippen molar-refractivity contribution in [2.24, 2.45) is 0 Å². The number of carboxylic acids is 1. The SMILES string of the molecule is COc1c(COc2cc(OCc3cncc(C#N)c3)c(CNC(C)(CO)C(=O)O)cc2Cl)cccc1-c1cccc(OCCCN2CCC(O)C2)c1C. The summed E-state index contributed by atoms with van der Waals surface area (Å²) in [6.07, 6.45) is 4.48. The summed E-state index contributed by atoms with van der Waals surface area (Å²) < 4.78 is 24.6. The molecule has 0 radical (unpaired) electrons. The molecule has 3 aromatic carbocycles. The van der Waals surface area contributed by atoms with Crippen molar-refractivity contribution in [3.05, 3.63) is 99.8 Å². The van der Waals surface area contributed by atoms with Crippen molar-refractivity contribution in [3.63, 3.8) is 0 Å². The van der Waals surface area contributed by atoms with Crippen molar-refractivity contribution in [3.8, 4) is 40.2 Å². The number of halogens is 1. The highest BCUT2D eigenvalue weighted by Gasteiger charge is 2.32. The van der Waals surface area contributed by atoms with Gasteiger partial charge in [0.25, 0.3) is 0 Å². The predicted molar refractivity (Wildman–Crippen MR) is 199 cm³/mol. The number of rotatable bonds is 18. The molecular weight excluding hydrogens is 700 g/mol. The number of aliphatic hydroxyl groups excluding tert-OH is 2. The first kappa shape index (κ1) is 39.3. The van der Waals surface area contributed by atoms with E-state index in [2.05, 4.69) is 21.3 Å². The van der Waals surface area contributed by atoms with E-state index in [9.17, 15) is 25.4 Å². The standard InChI is InChI=1S/C40H45ClN4O8/c1-26-32(8-5-10-35(26)51-14-6-12-45-13-11-31(47)22-45)33-9-4-7-29(38(33)50-3)24-53-37-17-36(52-23-28-15-27(18-42)19-43-20-28)30(16-34(37)41)21-44-40(2,25-46)39(48)49/h4-5,7-10,15-17,19-20,31,44,46-47H,6,11-14,21-25H2,1-3H3,(H,48,49). The smallest absolute Gasteiger partial charge is 0.326 e. The highest BCUT2D eigenvalue weighted by molar-refractivity contribution is 6.32. The summed E-state index contributed by atoms with van der Waals surface area (Å²) in [5.74, 6) is 0.889. The average molecular weight is 745 g/mol. The molecule has 0 bridgehead atoms. The molecule has 2 unspecified atom stereocenters. The molecule has 1 aliphatic heterocycles. The number of benzene rings is 3. The van der Waals surface area contributed by atoms with Crippen LogP contribution in [0.15, 0.2) is 67.0 Å². The number of nitrogens with zero attached hydrogens (tertiary/aromatic N) is 3. The number of aliphatic hydroxyl groups is 2. The van der Waals surface area contributed by atoms with Crippen molar-refractivity contribution in [2.45, 2.75) is 58.1 Å². The van der Waals surface area contributed by atoms with Crippen molar-refractivity contribution >= 4 is 17.6 Å². The first-order valence-corrected chi connectivity index (χ1v) is 17.7. The van der Waals surface area contributed by atoms with Crippen molar-refractivity contribution < 1.29 is 39.1 Å². The summed E-state index contributed by atoms with van der Waals surface area (Å²) in [7, 11) is 1.61. The van der Waals surface area contributed by atoms with Crippen LogP contribution in [0.1, 0.15) is 47.6 Å². The van der Waals surface area contributed by atoms with Crippen LogP contribution in [0.4, 0.5) is 0 Å². The zero-order chi connectivity index (χ0) is 38.0. The van der Waals surface area contributed by atoms with Gasteiger partial charge in [0.05, 0.1) is 37.0 Å². The van der Waals surface area contributed by atoms with Crippen molar-refractivity contribution in [1.82, 2.24) is 15.2 Å². The van der Waals surface area contributed by atoms with Gasteiger partial charge in [-0.2, -0.15) is 5.26 Å². The van der Waals surface area contributed by atoms with Crippen LogP contribution in [0.25, 0.3) is 11.1 Å². The second kappa shape index (κ2) is 18.2. The largest absolute Gasteiger partial charge is 0.496 e. The molecule has 280 valence electrons. The Balaban J connectivity index is 1.34. The molecule has 0 aliphatic carbocycles. The number of carboxylic acid groups (broad SMARTS) is 1. The third kappa shape index (κ3) is 9.95. The maximum atomic E-state index is 11.8. The Morgan fingerprint density at radius 1 is 1.06 bits per heavy atom. The number of likely N-dealkylation sites (tertiary alicyclic amines) is 1. The van der Waals surface area contributed by atoms with Gasteiger partial charge in [-0.1, -0.05) is 41.9 Å². The van der Waals surface area contributed by atoms with E-state index < -0.39 is 18.1 Å². The Bertz CT molecular complexity index is 1940. The van der Waals surface area contributed by atoms with Gasteiger partial charge < -0.3 is 39.2 Å². The summed E-state index contributed by atoms with van der Waals surface area (Å²) in [5, 5.41) is 41.6. The third-order valence-electron chi connectivity index (χ3n) is 9.27. The molecule has 4 N–H and O–H groups in total. The summed E-state index contributed by atoms with van der Waals surface area (Å²) in [6.45, 7) is 6.01. The highest BCUT2D eigenvalue weighted by atomic mass is 35.5. The van der Waals surface area contributed by atoms with Crippen molar-refractivity contribution in [2.75, 3.05) is 40.0 Å². The van der Waals surface area contributed by atoms with E-state index in [1.165, 1.54) is 13.1 Å². The molecule has 0 amide bonds. The highest BCUT2D eigenvalue weighted by Crippen LogP contribution is 2.39. The van der Waals surface area contributed by atoms with Crippen molar-refractivity contribution in [1.29, 1.82) is 5.26 Å². The molecule has 5 rings (SSSR count).